The summed E-state index contributed by atoms with van der Waals surface area (Å²) in [6, 6.07) is 13.4. The molecular weight excluding hydrogens is 417 g/mol. The number of hydrogen-bond acceptors (Lipinski definition) is 3. The van der Waals surface area contributed by atoms with Gasteiger partial charge >= 0.3 is 0 Å². The van der Waals surface area contributed by atoms with Gasteiger partial charge in [-0.2, -0.15) is 0 Å². The minimum atomic E-state index is -1.07. The van der Waals surface area contributed by atoms with Crippen molar-refractivity contribution in [1.29, 1.82) is 0 Å². The van der Waals surface area contributed by atoms with Crippen LogP contribution in [0.4, 0.5) is 4.39 Å². The van der Waals surface area contributed by atoms with Crippen molar-refractivity contribution in [3.8, 4) is 0 Å². The first-order valence-electron chi connectivity index (χ1n) is 9.94. The van der Waals surface area contributed by atoms with E-state index in [9.17, 15) is 14.0 Å². The lowest BCUT2D eigenvalue weighted by atomic mass is 9.98. The summed E-state index contributed by atoms with van der Waals surface area (Å²) in [4.78, 5) is 32.1. The Kier molecular flexibility index (Phi) is 5.74. The van der Waals surface area contributed by atoms with E-state index in [4.69, 9.17) is 17.3 Å². The number of carbonyl (C=O) groups excluding carboxylic acids is 2. The van der Waals surface area contributed by atoms with Crippen molar-refractivity contribution >= 4 is 23.4 Å². The summed E-state index contributed by atoms with van der Waals surface area (Å²) in [5, 5.41) is 0.239. The molecule has 0 saturated carbocycles. The molecule has 2 amide bonds. The van der Waals surface area contributed by atoms with E-state index < -0.39 is 23.8 Å². The van der Waals surface area contributed by atoms with Crippen LogP contribution in [0.25, 0.3) is 0 Å². The molecule has 2 N–H and O–H groups in total. The second-order valence-electron chi connectivity index (χ2n) is 7.63. The number of nitrogens with zero attached hydrogens (tertiary/aromatic N) is 2. The number of carbonyl (C=O) groups is 2. The number of halogens is 2. The molecule has 3 aromatic rings. The Balaban J connectivity index is 1.88. The molecule has 0 bridgehead atoms. The summed E-state index contributed by atoms with van der Waals surface area (Å²) < 4.78 is 14.5. The molecule has 0 aliphatic heterocycles. The average Bonchev–Trinajstić information content (AvgIpc) is 3.16. The van der Waals surface area contributed by atoms with Crippen LogP contribution in [0, 0.1) is 12.7 Å². The fraction of sp³-hybridized carbons (Fsp3) is 0.208. The van der Waals surface area contributed by atoms with Crippen LogP contribution >= 0.6 is 11.6 Å². The van der Waals surface area contributed by atoms with Crippen LogP contribution in [-0.2, 0) is 11.2 Å². The number of amides is 2. The molecule has 2 atom stereocenters. The molecule has 1 aliphatic rings. The van der Waals surface area contributed by atoms with Crippen molar-refractivity contribution in [3.63, 3.8) is 0 Å². The number of pyridine rings is 1. The van der Waals surface area contributed by atoms with Crippen LogP contribution in [0.5, 0.6) is 0 Å². The minimum absolute atomic E-state index is 0.239. The first-order valence-corrected chi connectivity index (χ1v) is 10.3. The van der Waals surface area contributed by atoms with Crippen molar-refractivity contribution in [2.24, 2.45) is 5.73 Å². The molecular formula is C24H21ClFN3O2. The lowest BCUT2D eigenvalue weighted by Crippen LogP contribution is -2.43. The highest BCUT2D eigenvalue weighted by Crippen LogP contribution is 2.43. The van der Waals surface area contributed by atoms with Crippen molar-refractivity contribution in [3.05, 3.63) is 99.6 Å². The number of aryl methyl sites for hydroxylation is 1. The Morgan fingerprint density at radius 1 is 1.19 bits per heavy atom. The summed E-state index contributed by atoms with van der Waals surface area (Å²) in [5.74, 6) is -1.47. The van der Waals surface area contributed by atoms with Gasteiger partial charge in [-0.1, -0.05) is 35.9 Å². The maximum Gasteiger partial charge on any atom is 0.255 e. The van der Waals surface area contributed by atoms with Gasteiger partial charge in [-0.05, 0) is 61.2 Å². The quantitative estimate of drug-likeness (QED) is 0.636. The van der Waals surface area contributed by atoms with Crippen LogP contribution in [0.15, 0.2) is 60.8 Å². The van der Waals surface area contributed by atoms with Crippen molar-refractivity contribution in [2.75, 3.05) is 0 Å². The summed E-state index contributed by atoms with van der Waals surface area (Å²) in [5.41, 5.74) is 8.59. The van der Waals surface area contributed by atoms with Crippen LogP contribution in [0.2, 0.25) is 5.02 Å². The monoisotopic (exact) mass is 437 g/mol. The fourth-order valence-electron chi connectivity index (χ4n) is 4.18. The zero-order chi connectivity index (χ0) is 22.1. The van der Waals surface area contributed by atoms with Gasteiger partial charge in [0.05, 0.1) is 6.04 Å². The second-order valence-corrected chi connectivity index (χ2v) is 8.06. The van der Waals surface area contributed by atoms with Crippen molar-refractivity contribution in [1.82, 2.24) is 9.88 Å². The lowest BCUT2D eigenvalue weighted by Gasteiger charge is -2.35. The summed E-state index contributed by atoms with van der Waals surface area (Å²) in [7, 11) is 0. The van der Waals surface area contributed by atoms with E-state index >= 15 is 0 Å². The molecule has 7 heteroatoms. The van der Waals surface area contributed by atoms with E-state index in [1.807, 2.05) is 6.92 Å². The second kappa shape index (κ2) is 8.47. The molecule has 1 aromatic heterocycles. The summed E-state index contributed by atoms with van der Waals surface area (Å²) in [6.07, 6.45) is 2.43. The van der Waals surface area contributed by atoms with Gasteiger partial charge in [0.25, 0.3) is 5.91 Å². The molecule has 0 spiro atoms. The van der Waals surface area contributed by atoms with Gasteiger partial charge in [0, 0.05) is 28.0 Å². The molecule has 1 heterocycles. The van der Waals surface area contributed by atoms with Crippen molar-refractivity contribution in [2.45, 2.75) is 31.8 Å². The molecule has 31 heavy (non-hydrogen) atoms. The van der Waals surface area contributed by atoms with E-state index in [-0.39, 0.29) is 10.9 Å². The van der Waals surface area contributed by atoms with Crippen LogP contribution in [-0.4, -0.2) is 21.7 Å². The van der Waals surface area contributed by atoms with Gasteiger partial charge in [0.2, 0.25) is 5.91 Å². The number of fused-ring (bicyclic) bond motifs is 1. The van der Waals surface area contributed by atoms with Crippen LogP contribution in [0.3, 0.4) is 0 Å². The molecule has 0 unspecified atom stereocenters. The highest BCUT2D eigenvalue weighted by Gasteiger charge is 2.40. The Morgan fingerprint density at radius 2 is 1.94 bits per heavy atom. The third-order valence-electron chi connectivity index (χ3n) is 5.61. The number of rotatable bonds is 5. The first kappa shape index (κ1) is 21.0. The Morgan fingerprint density at radius 3 is 2.58 bits per heavy atom. The molecule has 2 aromatic carbocycles. The molecule has 5 nitrogen and oxygen atoms in total. The van der Waals surface area contributed by atoms with Crippen LogP contribution in [0.1, 0.15) is 51.2 Å². The molecule has 0 fully saturated rings. The topological polar surface area (TPSA) is 76.3 Å². The minimum Gasteiger partial charge on any atom is -0.368 e. The Labute approximate surface area is 184 Å². The smallest absolute Gasteiger partial charge is 0.255 e. The predicted octanol–water partition coefficient (Wildman–Crippen LogP) is 4.54. The number of nitrogens with two attached hydrogens (primary N) is 1. The number of benzene rings is 2. The van der Waals surface area contributed by atoms with E-state index in [1.165, 1.54) is 11.0 Å². The van der Waals surface area contributed by atoms with E-state index in [0.29, 0.717) is 35.1 Å². The first-order chi connectivity index (χ1) is 14.9. The standard InChI is InChI=1S/C24H21ClFN3O2/c1-14-7-8-16(13-28-14)22(23(27)30)29(24(31)15-5-3-2-4-6-15)21-10-9-18-19(21)11-17(25)12-20(18)26/h2-8,11-13,21-22H,9-10H2,1H3,(H2,27,30)/t21-,22-/m1/s1. The maximum atomic E-state index is 14.5. The van der Waals surface area contributed by atoms with Gasteiger partial charge in [-0.15, -0.1) is 0 Å². The van der Waals surface area contributed by atoms with Gasteiger partial charge in [-0.3, -0.25) is 14.6 Å². The third kappa shape index (κ3) is 4.03. The van der Waals surface area contributed by atoms with Gasteiger partial charge < -0.3 is 10.6 Å². The molecule has 158 valence electrons. The summed E-state index contributed by atoms with van der Waals surface area (Å²) in [6.45, 7) is 1.83. The molecule has 1 aliphatic carbocycles. The van der Waals surface area contributed by atoms with Crippen molar-refractivity contribution < 1.29 is 14.0 Å². The van der Waals surface area contributed by atoms with Gasteiger partial charge in [-0.25, -0.2) is 4.39 Å². The number of hydrogen-bond donors (Lipinski definition) is 1. The zero-order valence-corrected chi connectivity index (χ0v) is 17.6. The lowest BCUT2D eigenvalue weighted by molar-refractivity contribution is -0.123. The van der Waals surface area contributed by atoms with Gasteiger partial charge in [0.15, 0.2) is 0 Å². The van der Waals surface area contributed by atoms with E-state index in [1.54, 1.807) is 54.7 Å². The SMILES string of the molecule is Cc1ccc([C@H](C(N)=O)N(C(=O)c2ccccc2)[C@@H]2CCc3c(F)cc(Cl)cc32)cn1. The van der Waals surface area contributed by atoms with E-state index in [0.717, 1.165) is 5.69 Å². The maximum absolute atomic E-state index is 14.5. The molecule has 0 radical (unpaired) electrons. The largest absolute Gasteiger partial charge is 0.368 e. The Bertz CT molecular complexity index is 1140. The Hall–Kier alpha value is -3.25. The summed E-state index contributed by atoms with van der Waals surface area (Å²) >= 11 is 6.13. The zero-order valence-electron chi connectivity index (χ0n) is 16.9. The third-order valence-corrected chi connectivity index (χ3v) is 5.83. The highest BCUT2D eigenvalue weighted by molar-refractivity contribution is 6.30. The highest BCUT2D eigenvalue weighted by atomic mass is 35.5. The van der Waals surface area contributed by atoms with Gasteiger partial charge in [0.1, 0.15) is 11.9 Å². The fourth-order valence-corrected chi connectivity index (χ4v) is 4.39. The van der Waals surface area contributed by atoms with Crippen LogP contribution < -0.4 is 5.73 Å². The predicted molar refractivity (Wildman–Crippen MR) is 116 cm³/mol. The number of aromatic nitrogens is 1. The molecule has 4 rings (SSSR count). The molecule has 0 saturated heterocycles. The normalized spacial score (nSPS) is 15.9. The number of primary amides is 1. The van der Waals surface area contributed by atoms with E-state index in [2.05, 4.69) is 4.98 Å². The average molecular weight is 438 g/mol.